The standard InChI is InChI=1S/C17H16N4O2/c22-17(21-11-15-3-1-2-7-18-15)20-10-13-4-5-16(19-9-13)14-6-8-23-12-14/h1-9,12H,10-11H2,(H2,20,21,22). The van der Waals surface area contributed by atoms with Crippen LogP contribution in [0, 0.1) is 0 Å². The number of rotatable bonds is 5. The van der Waals surface area contributed by atoms with Crippen molar-refractivity contribution in [3.63, 3.8) is 0 Å². The highest BCUT2D eigenvalue weighted by Crippen LogP contribution is 2.16. The minimum Gasteiger partial charge on any atom is -0.472 e. The van der Waals surface area contributed by atoms with Crippen molar-refractivity contribution in [3.05, 3.63) is 72.6 Å². The first-order valence-electron chi connectivity index (χ1n) is 7.20. The van der Waals surface area contributed by atoms with Gasteiger partial charge in [-0.15, -0.1) is 0 Å². The summed E-state index contributed by atoms with van der Waals surface area (Å²) < 4.78 is 5.03. The molecule has 0 spiro atoms. The van der Waals surface area contributed by atoms with Gasteiger partial charge in [-0.05, 0) is 29.8 Å². The second kappa shape index (κ2) is 7.22. The van der Waals surface area contributed by atoms with E-state index < -0.39 is 0 Å². The van der Waals surface area contributed by atoms with Crippen molar-refractivity contribution in [1.29, 1.82) is 0 Å². The number of carbonyl (C=O) groups excluding carboxylic acids is 1. The van der Waals surface area contributed by atoms with Gasteiger partial charge in [-0.25, -0.2) is 4.79 Å². The van der Waals surface area contributed by atoms with Crippen LogP contribution in [0.2, 0.25) is 0 Å². The van der Waals surface area contributed by atoms with Gasteiger partial charge < -0.3 is 15.1 Å². The van der Waals surface area contributed by atoms with Crippen LogP contribution >= 0.6 is 0 Å². The molecule has 0 saturated heterocycles. The van der Waals surface area contributed by atoms with Gasteiger partial charge in [0.05, 0.1) is 30.5 Å². The highest BCUT2D eigenvalue weighted by atomic mass is 16.3. The predicted molar refractivity (Wildman–Crippen MR) is 85.3 cm³/mol. The molecule has 0 fully saturated rings. The molecule has 0 radical (unpaired) electrons. The molecular formula is C17H16N4O2. The maximum Gasteiger partial charge on any atom is 0.315 e. The summed E-state index contributed by atoms with van der Waals surface area (Å²) in [6.07, 6.45) is 6.69. The number of aromatic nitrogens is 2. The summed E-state index contributed by atoms with van der Waals surface area (Å²) in [5.74, 6) is 0. The molecule has 3 aromatic rings. The zero-order valence-corrected chi connectivity index (χ0v) is 12.4. The zero-order chi connectivity index (χ0) is 15.9. The van der Waals surface area contributed by atoms with Gasteiger partial charge in [0.1, 0.15) is 0 Å². The van der Waals surface area contributed by atoms with Crippen LogP contribution in [0.3, 0.4) is 0 Å². The van der Waals surface area contributed by atoms with Crippen molar-refractivity contribution in [1.82, 2.24) is 20.6 Å². The van der Waals surface area contributed by atoms with Gasteiger partial charge in [0.15, 0.2) is 0 Å². The van der Waals surface area contributed by atoms with Gasteiger partial charge >= 0.3 is 6.03 Å². The molecule has 0 saturated carbocycles. The van der Waals surface area contributed by atoms with Crippen molar-refractivity contribution in [2.24, 2.45) is 0 Å². The largest absolute Gasteiger partial charge is 0.472 e. The Hall–Kier alpha value is -3.15. The Labute approximate surface area is 133 Å². The van der Waals surface area contributed by atoms with Gasteiger partial charge in [0, 0.05) is 24.5 Å². The average Bonchev–Trinajstić information content (AvgIpc) is 3.14. The van der Waals surface area contributed by atoms with E-state index in [2.05, 4.69) is 20.6 Å². The van der Waals surface area contributed by atoms with E-state index in [0.29, 0.717) is 13.1 Å². The molecule has 0 unspecified atom stereocenters. The predicted octanol–water partition coefficient (Wildman–Crippen LogP) is 2.74. The zero-order valence-electron chi connectivity index (χ0n) is 12.4. The van der Waals surface area contributed by atoms with Gasteiger partial charge in [-0.2, -0.15) is 0 Å². The summed E-state index contributed by atoms with van der Waals surface area (Å²) in [6.45, 7) is 0.803. The van der Waals surface area contributed by atoms with Crippen LogP contribution in [0.5, 0.6) is 0 Å². The lowest BCUT2D eigenvalue weighted by Gasteiger charge is -2.07. The van der Waals surface area contributed by atoms with Gasteiger partial charge in [0.25, 0.3) is 0 Å². The van der Waals surface area contributed by atoms with Crippen LogP contribution in [0.4, 0.5) is 4.79 Å². The molecule has 3 heterocycles. The van der Waals surface area contributed by atoms with E-state index in [9.17, 15) is 4.79 Å². The van der Waals surface area contributed by atoms with E-state index in [1.54, 1.807) is 24.9 Å². The Morgan fingerprint density at radius 2 is 1.96 bits per heavy atom. The lowest BCUT2D eigenvalue weighted by Crippen LogP contribution is -2.34. The minimum atomic E-state index is -0.241. The summed E-state index contributed by atoms with van der Waals surface area (Å²) in [5, 5.41) is 5.54. The second-order valence-electron chi connectivity index (χ2n) is 4.92. The van der Waals surface area contributed by atoms with Gasteiger partial charge in [0.2, 0.25) is 0 Å². The third kappa shape index (κ3) is 4.16. The molecule has 0 bridgehead atoms. The molecule has 6 heteroatoms. The monoisotopic (exact) mass is 308 g/mol. The normalized spacial score (nSPS) is 10.3. The number of hydrogen-bond donors (Lipinski definition) is 2. The van der Waals surface area contributed by atoms with E-state index in [1.165, 1.54) is 0 Å². The highest BCUT2D eigenvalue weighted by molar-refractivity contribution is 5.73. The molecule has 0 aliphatic carbocycles. The molecule has 2 N–H and O–H groups in total. The molecule has 116 valence electrons. The number of carbonyl (C=O) groups is 1. The Kier molecular flexibility index (Phi) is 4.63. The van der Waals surface area contributed by atoms with Crippen molar-refractivity contribution >= 4 is 6.03 Å². The molecule has 0 aromatic carbocycles. The van der Waals surface area contributed by atoms with Crippen molar-refractivity contribution in [2.75, 3.05) is 0 Å². The summed E-state index contributed by atoms with van der Waals surface area (Å²) >= 11 is 0. The van der Waals surface area contributed by atoms with E-state index in [-0.39, 0.29) is 6.03 Å². The fraction of sp³-hybridized carbons (Fsp3) is 0.118. The lowest BCUT2D eigenvalue weighted by atomic mass is 10.2. The average molecular weight is 308 g/mol. The van der Waals surface area contributed by atoms with E-state index in [0.717, 1.165) is 22.5 Å². The molecular weight excluding hydrogens is 292 g/mol. The maximum absolute atomic E-state index is 11.8. The third-order valence-corrected chi connectivity index (χ3v) is 3.25. The quantitative estimate of drug-likeness (QED) is 0.759. The van der Waals surface area contributed by atoms with Crippen LogP contribution in [0.15, 0.2) is 65.7 Å². The molecule has 6 nitrogen and oxygen atoms in total. The Balaban J connectivity index is 1.47. The van der Waals surface area contributed by atoms with Crippen molar-refractivity contribution < 1.29 is 9.21 Å². The second-order valence-corrected chi connectivity index (χ2v) is 4.92. The fourth-order valence-corrected chi connectivity index (χ4v) is 2.03. The van der Waals surface area contributed by atoms with E-state index in [4.69, 9.17) is 4.42 Å². The van der Waals surface area contributed by atoms with Gasteiger partial charge in [-0.1, -0.05) is 12.1 Å². The number of amides is 2. The summed E-state index contributed by atoms with van der Waals surface area (Å²) in [7, 11) is 0. The first-order chi connectivity index (χ1) is 11.3. The number of nitrogens with zero attached hydrogens (tertiary/aromatic N) is 2. The third-order valence-electron chi connectivity index (χ3n) is 3.25. The Morgan fingerprint density at radius 3 is 2.65 bits per heavy atom. The van der Waals surface area contributed by atoms with E-state index >= 15 is 0 Å². The smallest absolute Gasteiger partial charge is 0.315 e. The number of urea groups is 1. The fourth-order valence-electron chi connectivity index (χ4n) is 2.03. The molecule has 23 heavy (non-hydrogen) atoms. The van der Waals surface area contributed by atoms with Crippen LogP contribution in [0.1, 0.15) is 11.3 Å². The maximum atomic E-state index is 11.8. The van der Waals surface area contributed by atoms with Crippen molar-refractivity contribution in [3.8, 4) is 11.3 Å². The first kappa shape index (κ1) is 14.8. The minimum absolute atomic E-state index is 0.241. The number of nitrogens with one attached hydrogen (secondary N) is 2. The molecule has 0 aliphatic rings. The highest BCUT2D eigenvalue weighted by Gasteiger charge is 2.03. The number of furan rings is 1. The summed E-state index contributed by atoms with van der Waals surface area (Å²) in [5.41, 5.74) is 3.50. The molecule has 3 aromatic heterocycles. The van der Waals surface area contributed by atoms with Crippen molar-refractivity contribution in [2.45, 2.75) is 13.1 Å². The number of pyridine rings is 2. The molecule has 3 rings (SSSR count). The molecule has 0 aliphatic heterocycles. The van der Waals surface area contributed by atoms with Crippen LogP contribution in [0.25, 0.3) is 11.3 Å². The summed E-state index contributed by atoms with van der Waals surface area (Å²) in [6, 6.07) is 11.0. The Bertz CT molecular complexity index is 740. The molecule has 2 amide bonds. The van der Waals surface area contributed by atoms with Crippen LogP contribution in [-0.2, 0) is 13.1 Å². The molecule has 0 atom stereocenters. The van der Waals surface area contributed by atoms with Crippen LogP contribution in [-0.4, -0.2) is 16.0 Å². The van der Waals surface area contributed by atoms with E-state index in [1.807, 2.05) is 36.4 Å². The lowest BCUT2D eigenvalue weighted by molar-refractivity contribution is 0.240. The topological polar surface area (TPSA) is 80.0 Å². The summed E-state index contributed by atoms with van der Waals surface area (Å²) in [4.78, 5) is 20.3. The number of hydrogen-bond acceptors (Lipinski definition) is 4. The first-order valence-corrected chi connectivity index (χ1v) is 7.20. The van der Waals surface area contributed by atoms with Crippen LogP contribution < -0.4 is 10.6 Å². The SMILES string of the molecule is O=C(NCc1ccc(-c2ccoc2)nc1)NCc1ccccn1. The van der Waals surface area contributed by atoms with Gasteiger partial charge in [-0.3, -0.25) is 9.97 Å². The Morgan fingerprint density at radius 1 is 1.04 bits per heavy atom.